The summed E-state index contributed by atoms with van der Waals surface area (Å²) < 4.78 is 10.9. The van der Waals surface area contributed by atoms with E-state index in [9.17, 15) is 5.11 Å². The number of hydrogen-bond acceptors (Lipinski definition) is 3. The van der Waals surface area contributed by atoms with E-state index in [1.54, 1.807) is 26.4 Å². The van der Waals surface area contributed by atoms with Crippen LogP contribution < -0.4 is 9.47 Å². The molecule has 2 aromatic rings. The van der Waals surface area contributed by atoms with Crippen LogP contribution in [0.15, 0.2) is 42.0 Å². The van der Waals surface area contributed by atoms with Gasteiger partial charge in [0.1, 0.15) is 5.75 Å². The van der Waals surface area contributed by atoms with Gasteiger partial charge in [-0.3, -0.25) is 0 Å². The maximum absolute atomic E-state index is 9.57. The number of rotatable bonds is 3. The van der Waals surface area contributed by atoms with E-state index < -0.39 is 0 Å². The first kappa shape index (κ1) is 15.5. The summed E-state index contributed by atoms with van der Waals surface area (Å²) in [5.41, 5.74) is 4.92. The molecule has 3 nitrogen and oxygen atoms in total. The van der Waals surface area contributed by atoms with E-state index in [0.717, 1.165) is 17.1 Å². The van der Waals surface area contributed by atoms with Gasteiger partial charge in [-0.1, -0.05) is 30.7 Å². The number of hydrogen-bond donors (Lipinski definition) is 1. The van der Waals surface area contributed by atoms with Crippen LogP contribution in [0.2, 0.25) is 0 Å². The van der Waals surface area contributed by atoms with Gasteiger partial charge in [0.15, 0.2) is 11.5 Å². The lowest BCUT2D eigenvalue weighted by molar-refractivity contribution is 0.354. The molecule has 3 rings (SSSR count). The third-order valence-corrected chi connectivity index (χ3v) is 4.78. The van der Waals surface area contributed by atoms with Gasteiger partial charge in [-0.25, -0.2) is 0 Å². The topological polar surface area (TPSA) is 38.7 Å². The van der Waals surface area contributed by atoms with E-state index in [0.29, 0.717) is 5.92 Å². The fraction of sp³-hybridized carbons (Fsp3) is 0.300. The van der Waals surface area contributed by atoms with E-state index >= 15 is 0 Å². The number of aromatic hydroxyl groups is 1. The number of fused-ring (bicyclic) bond motifs is 1. The molecule has 120 valence electrons. The zero-order chi connectivity index (χ0) is 16.6. The van der Waals surface area contributed by atoms with E-state index in [-0.39, 0.29) is 11.7 Å². The molecule has 0 aromatic heterocycles. The molecule has 0 radical (unpaired) electrons. The Morgan fingerprint density at radius 1 is 0.957 bits per heavy atom. The highest BCUT2D eigenvalue weighted by Gasteiger charge is 2.29. The monoisotopic (exact) mass is 310 g/mol. The summed E-state index contributed by atoms with van der Waals surface area (Å²) in [6.07, 6.45) is 2.22. The van der Waals surface area contributed by atoms with E-state index in [4.69, 9.17) is 9.47 Å². The lowest BCUT2D eigenvalue weighted by Crippen LogP contribution is -2.17. The molecule has 0 unspecified atom stereocenters. The largest absolute Gasteiger partial charge is 0.508 e. The number of benzene rings is 2. The predicted octanol–water partition coefficient (Wildman–Crippen LogP) is 4.59. The van der Waals surface area contributed by atoms with E-state index in [1.807, 2.05) is 18.2 Å². The molecule has 2 atom stereocenters. The van der Waals surface area contributed by atoms with Gasteiger partial charge in [0.2, 0.25) is 0 Å². The van der Waals surface area contributed by atoms with Crippen molar-refractivity contribution in [2.75, 3.05) is 14.2 Å². The maximum Gasteiger partial charge on any atom is 0.161 e. The highest BCUT2D eigenvalue weighted by Crippen LogP contribution is 2.46. The van der Waals surface area contributed by atoms with Gasteiger partial charge in [-0.05, 0) is 53.8 Å². The molecular formula is C20H22O3. The molecule has 0 heterocycles. The second-order valence-electron chi connectivity index (χ2n) is 6.08. The molecule has 0 bridgehead atoms. The first-order chi connectivity index (χ1) is 11.0. The van der Waals surface area contributed by atoms with E-state index in [1.165, 1.54) is 16.7 Å². The Bertz CT molecular complexity index is 744. The highest BCUT2D eigenvalue weighted by molar-refractivity contribution is 5.67. The van der Waals surface area contributed by atoms with Gasteiger partial charge in [-0.2, -0.15) is 0 Å². The van der Waals surface area contributed by atoms with Gasteiger partial charge in [0.05, 0.1) is 14.2 Å². The minimum atomic E-state index is 0.232. The molecule has 1 aliphatic rings. The minimum Gasteiger partial charge on any atom is -0.508 e. The predicted molar refractivity (Wildman–Crippen MR) is 92.3 cm³/mol. The number of allylic oxidation sites excluding steroid dienone is 1. The second-order valence-corrected chi connectivity index (χ2v) is 6.08. The van der Waals surface area contributed by atoms with Crippen molar-refractivity contribution in [2.24, 2.45) is 5.92 Å². The molecule has 3 heteroatoms. The summed E-state index contributed by atoms with van der Waals surface area (Å²) in [6.45, 7) is 4.40. The number of methoxy groups -OCH3 is 2. The molecular weight excluding hydrogens is 288 g/mol. The molecule has 1 N–H and O–H groups in total. The van der Waals surface area contributed by atoms with Gasteiger partial charge in [0.25, 0.3) is 0 Å². The van der Waals surface area contributed by atoms with Crippen LogP contribution in [0.5, 0.6) is 17.2 Å². The summed E-state index contributed by atoms with van der Waals surface area (Å²) >= 11 is 0. The van der Waals surface area contributed by atoms with Crippen molar-refractivity contribution in [1.29, 1.82) is 0 Å². The molecule has 1 aliphatic carbocycles. The van der Waals surface area contributed by atoms with Crippen LogP contribution in [0.25, 0.3) is 6.08 Å². The van der Waals surface area contributed by atoms with E-state index in [2.05, 4.69) is 26.0 Å². The molecule has 0 amide bonds. The fourth-order valence-electron chi connectivity index (χ4n) is 3.36. The van der Waals surface area contributed by atoms with Crippen molar-refractivity contribution >= 4 is 6.08 Å². The molecule has 0 saturated heterocycles. The van der Waals surface area contributed by atoms with Crippen LogP contribution in [0.3, 0.4) is 0 Å². The van der Waals surface area contributed by atoms with Crippen LogP contribution in [-0.2, 0) is 0 Å². The second kappa shape index (κ2) is 5.99. The Morgan fingerprint density at radius 2 is 1.57 bits per heavy atom. The summed E-state index contributed by atoms with van der Waals surface area (Å²) in [7, 11) is 3.32. The van der Waals surface area contributed by atoms with Gasteiger partial charge < -0.3 is 14.6 Å². The van der Waals surface area contributed by atoms with Gasteiger partial charge >= 0.3 is 0 Å². The number of phenolic OH excluding ortho intramolecular Hbond substituents is 1. The Hall–Kier alpha value is -2.42. The van der Waals surface area contributed by atoms with Crippen molar-refractivity contribution < 1.29 is 14.6 Å². The van der Waals surface area contributed by atoms with Crippen molar-refractivity contribution in [2.45, 2.75) is 19.8 Å². The van der Waals surface area contributed by atoms with Crippen LogP contribution in [0, 0.1) is 5.92 Å². The summed E-state index contributed by atoms with van der Waals surface area (Å²) in [4.78, 5) is 0. The lowest BCUT2D eigenvalue weighted by atomic mass is 9.73. The molecule has 0 saturated carbocycles. The first-order valence-electron chi connectivity index (χ1n) is 7.78. The standard InChI is InChI=1S/C20H22O3/c1-12-9-15-10-18(22-3)19(23-4)11-17(15)20(13(12)2)14-5-7-16(21)8-6-14/h5-11,13,20-21H,1-4H3/t13-,20-/m0/s1. The molecule has 0 fully saturated rings. The van der Waals surface area contributed by atoms with Crippen LogP contribution in [0.1, 0.15) is 36.5 Å². The van der Waals surface area contributed by atoms with Crippen molar-refractivity contribution in [1.82, 2.24) is 0 Å². The van der Waals surface area contributed by atoms with Crippen molar-refractivity contribution in [3.05, 3.63) is 58.7 Å². The number of phenols is 1. The Labute approximate surface area is 137 Å². The molecule has 0 spiro atoms. The fourth-order valence-corrected chi connectivity index (χ4v) is 3.36. The van der Waals surface area contributed by atoms with Crippen LogP contribution in [-0.4, -0.2) is 19.3 Å². The first-order valence-corrected chi connectivity index (χ1v) is 7.78. The van der Waals surface area contributed by atoms with Crippen molar-refractivity contribution in [3.63, 3.8) is 0 Å². The number of ether oxygens (including phenoxy) is 2. The molecule has 2 aromatic carbocycles. The van der Waals surface area contributed by atoms with Gasteiger partial charge in [-0.15, -0.1) is 0 Å². The van der Waals surface area contributed by atoms with Crippen LogP contribution in [0.4, 0.5) is 0 Å². The summed E-state index contributed by atoms with van der Waals surface area (Å²) in [5.74, 6) is 2.39. The minimum absolute atomic E-state index is 0.232. The lowest BCUT2D eigenvalue weighted by Gasteiger charge is -2.32. The SMILES string of the molecule is COc1cc2c(cc1OC)[C@H](c1ccc(O)cc1)[C@@H](C)C(C)=C2. The molecule has 23 heavy (non-hydrogen) atoms. The Kier molecular flexibility index (Phi) is 4.03. The molecule has 0 aliphatic heterocycles. The zero-order valence-electron chi connectivity index (χ0n) is 14.0. The van der Waals surface area contributed by atoms with Gasteiger partial charge in [0, 0.05) is 5.92 Å². The smallest absolute Gasteiger partial charge is 0.161 e. The zero-order valence-corrected chi connectivity index (χ0v) is 14.0. The normalized spacial score (nSPS) is 19.7. The Balaban J connectivity index is 2.19. The summed E-state index contributed by atoms with van der Waals surface area (Å²) in [6, 6.07) is 11.6. The third-order valence-electron chi connectivity index (χ3n) is 4.78. The highest BCUT2D eigenvalue weighted by atomic mass is 16.5. The average Bonchev–Trinajstić information content (AvgIpc) is 2.56. The Morgan fingerprint density at radius 3 is 2.17 bits per heavy atom. The van der Waals surface area contributed by atoms with Crippen molar-refractivity contribution in [3.8, 4) is 17.2 Å². The summed E-state index contributed by atoms with van der Waals surface area (Å²) in [5, 5.41) is 9.57. The quantitative estimate of drug-likeness (QED) is 0.901. The third kappa shape index (κ3) is 2.67. The van der Waals surface area contributed by atoms with Crippen LogP contribution >= 0.6 is 0 Å². The average molecular weight is 310 g/mol. The maximum atomic E-state index is 9.57.